The lowest BCUT2D eigenvalue weighted by atomic mass is 10.0. The molecule has 3 rings (SSSR count). The van der Waals surface area contributed by atoms with Crippen LogP contribution in [0.1, 0.15) is 42.7 Å². The third-order valence-corrected chi connectivity index (χ3v) is 5.19. The summed E-state index contributed by atoms with van der Waals surface area (Å²) in [6.45, 7) is 2.54. The van der Waals surface area contributed by atoms with Crippen molar-refractivity contribution in [1.82, 2.24) is 10.3 Å². The largest absolute Gasteiger partial charge is 0.462 e. The van der Waals surface area contributed by atoms with Gasteiger partial charge in [-0.25, -0.2) is 4.98 Å². The van der Waals surface area contributed by atoms with Crippen molar-refractivity contribution in [3.05, 3.63) is 29.0 Å². The Morgan fingerprint density at radius 3 is 3.00 bits per heavy atom. The van der Waals surface area contributed by atoms with Crippen LogP contribution in [-0.4, -0.2) is 10.9 Å². The van der Waals surface area contributed by atoms with Gasteiger partial charge in [0, 0.05) is 11.3 Å². The van der Waals surface area contributed by atoms with E-state index in [1.165, 1.54) is 25.7 Å². The van der Waals surface area contributed by atoms with Crippen LogP contribution in [0.2, 0.25) is 0 Å². The summed E-state index contributed by atoms with van der Waals surface area (Å²) >= 11 is 1.58. The van der Waals surface area contributed by atoms with E-state index in [2.05, 4.69) is 10.3 Å². The van der Waals surface area contributed by atoms with E-state index in [1.807, 2.05) is 19.1 Å². The second kappa shape index (κ2) is 6.43. The predicted octanol–water partition coefficient (Wildman–Crippen LogP) is 3.91. The second-order valence-corrected chi connectivity index (χ2v) is 6.72. The van der Waals surface area contributed by atoms with E-state index < -0.39 is 0 Å². The molecule has 1 amide bonds. The van der Waals surface area contributed by atoms with E-state index >= 15 is 0 Å². The molecule has 5 heteroatoms. The Morgan fingerprint density at radius 2 is 2.29 bits per heavy atom. The average molecular weight is 304 g/mol. The molecular formula is C16H20N2O2S. The van der Waals surface area contributed by atoms with Crippen molar-refractivity contribution in [1.29, 1.82) is 0 Å². The van der Waals surface area contributed by atoms with Crippen LogP contribution in [0.3, 0.4) is 0 Å². The van der Waals surface area contributed by atoms with Gasteiger partial charge in [-0.3, -0.25) is 4.79 Å². The minimum absolute atomic E-state index is 0.161. The third-order valence-electron chi connectivity index (χ3n) is 4.02. The predicted molar refractivity (Wildman–Crippen MR) is 83.0 cm³/mol. The maximum Gasteiger partial charge on any atom is 0.220 e. The highest BCUT2D eigenvalue weighted by atomic mass is 32.1. The number of aryl methyl sites for hydroxylation is 1. The molecule has 1 saturated carbocycles. The van der Waals surface area contributed by atoms with E-state index in [0.717, 1.165) is 21.3 Å². The third kappa shape index (κ3) is 3.53. The summed E-state index contributed by atoms with van der Waals surface area (Å²) in [6, 6.07) is 3.76. The van der Waals surface area contributed by atoms with Gasteiger partial charge in [-0.15, -0.1) is 11.3 Å². The van der Waals surface area contributed by atoms with Crippen LogP contribution in [0.4, 0.5) is 0 Å². The van der Waals surface area contributed by atoms with Crippen LogP contribution in [-0.2, 0) is 11.3 Å². The molecule has 2 aromatic heterocycles. The molecule has 1 N–H and O–H groups in total. The standard InChI is InChI=1S/C16H20N2O2S/c1-11-14(21-16(18-11)13-7-4-8-20-13)10-17-15(19)9-12-5-2-3-6-12/h4,7-8,12H,2-3,5-6,9-10H2,1H3,(H,17,19). The van der Waals surface area contributed by atoms with Crippen molar-refractivity contribution in [3.63, 3.8) is 0 Å². The molecule has 2 aromatic rings. The van der Waals surface area contributed by atoms with Gasteiger partial charge in [-0.05, 0) is 37.8 Å². The molecule has 0 aliphatic heterocycles. The maximum atomic E-state index is 12.0. The van der Waals surface area contributed by atoms with Crippen molar-refractivity contribution < 1.29 is 9.21 Å². The highest BCUT2D eigenvalue weighted by Gasteiger charge is 2.19. The molecule has 0 aromatic carbocycles. The number of nitrogens with one attached hydrogen (secondary N) is 1. The van der Waals surface area contributed by atoms with Gasteiger partial charge in [-0.1, -0.05) is 12.8 Å². The Labute approximate surface area is 128 Å². The molecular weight excluding hydrogens is 284 g/mol. The van der Waals surface area contributed by atoms with Gasteiger partial charge in [-0.2, -0.15) is 0 Å². The molecule has 1 aliphatic rings. The first-order valence-corrected chi connectivity index (χ1v) is 8.31. The van der Waals surface area contributed by atoms with Gasteiger partial charge < -0.3 is 9.73 Å². The SMILES string of the molecule is Cc1nc(-c2ccco2)sc1CNC(=O)CC1CCCC1. The smallest absolute Gasteiger partial charge is 0.220 e. The minimum atomic E-state index is 0.161. The number of thiazole rings is 1. The number of aromatic nitrogens is 1. The average Bonchev–Trinajstić information content (AvgIpc) is 3.17. The molecule has 1 aliphatic carbocycles. The fraction of sp³-hybridized carbons (Fsp3) is 0.500. The number of hydrogen-bond acceptors (Lipinski definition) is 4. The molecule has 2 heterocycles. The molecule has 4 nitrogen and oxygen atoms in total. The van der Waals surface area contributed by atoms with Gasteiger partial charge in [0.2, 0.25) is 5.91 Å². The Morgan fingerprint density at radius 1 is 1.48 bits per heavy atom. The van der Waals surface area contributed by atoms with Crippen LogP contribution in [0.25, 0.3) is 10.8 Å². The molecule has 112 valence electrons. The van der Waals surface area contributed by atoms with Gasteiger partial charge in [0.1, 0.15) is 0 Å². The molecule has 0 radical (unpaired) electrons. The first kappa shape index (κ1) is 14.3. The lowest BCUT2D eigenvalue weighted by Gasteiger charge is -2.08. The number of nitrogens with zero attached hydrogens (tertiary/aromatic N) is 1. The maximum absolute atomic E-state index is 12.0. The van der Waals surface area contributed by atoms with Gasteiger partial charge in [0.05, 0.1) is 18.5 Å². The first-order chi connectivity index (χ1) is 10.2. The van der Waals surface area contributed by atoms with E-state index in [1.54, 1.807) is 17.6 Å². The number of hydrogen-bond donors (Lipinski definition) is 1. The van der Waals surface area contributed by atoms with Crippen molar-refractivity contribution in [2.75, 3.05) is 0 Å². The molecule has 0 unspecified atom stereocenters. The second-order valence-electron chi connectivity index (χ2n) is 5.64. The van der Waals surface area contributed by atoms with Gasteiger partial charge >= 0.3 is 0 Å². The number of amides is 1. The van der Waals surface area contributed by atoms with E-state index in [4.69, 9.17) is 4.42 Å². The lowest BCUT2D eigenvalue weighted by molar-refractivity contribution is -0.122. The zero-order valence-corrected chi connectivity index (χ0v) is 13.0. The lowest BCUT2D eigenvalue weighted by Crippen LogP contribution is -2.24. The summed E-state index contributed by atoms with van der Waals surface area (Å²) in [5, 5.41) is 3.90. The molecule has 0 spiro atoms. The Balaban J connectivity index is 1.56. The van der Waals surface area contributed by atoms with Crippen LogP contribution in [0.15, 0.2) is 22.8 Å². The fourth-order valence-corrected chi connectivity index (χ4v) is 3.80. The summed E-state index contributed by atoms with van der Waals surface area (Å²) in [7, 11) is 0. The normalized spacial score (nSPS) is 15.5. The number of rotatable bonds is 5. The highest BCUT2D eigenvalue weighted by molar-refractivity contribution is 7.15. The van der Waals surface area contributed by atoms with Gasteiger partial charge in [0.15, 0.2) is 10.8 Å². The zero-order chi connectivity index (χ0) is 14.7. The van der Waals surface area contributed by atoms with E-state index in [0.29, 0.717) is 18.9 Å². The summed E-state index contributed by atoms with van der Waals surface area (Å²) < 4.78 is 5.36. The molecule has 0 bridgehead atoms. The molecule has 0 atom stereocenters. The van der Waals surface area contributed by atoms with Gasteiger partial charge in [0.25, 0.3) is 0 Å². The topological polar surface area (TPSA) is 55.1 Å². The van der Waals surface area contributed by atoms with Crippen LogP contribution < -0.4 is 5.32 Å². The van der Waals surface area contributed by atoms with Crippen molar-refractivity contribution in [2.45, 2.75) is 45.6 Å². The molecule has 0 saturated heterocycles. The Kier molecular flexibility index (Phi) is 4.39. The first-order valence-electron chi connectivity index (χ1n) is 7.49. The van der Waals surface area contributed by atoms with E-state index in [-0.39, 0.29) is 5.91 Å². The molecule has 1 fully saturated rings. The van der Waals surface area contributed by atoms with Crippen LogP contribution in [0, 0.1) is 12.8 Å². The number of carbonyl (C=O) groups excluding carboxylic acids is 1. The van der Waals surface area contributed by atoms with Crippen LogP contribution in [0.5, 0.6) is 0 Å². The summed E-state index contributed by atoms with van der Waals surface area (Å²) in [4.78, 5) is 17.6. The highest BCUT2D eigenvalue weighted by Crippen LogP contribution is 2.29. The van der Waals surface area contributed by atoms with E-state index in [9.17, 15) is 4.79 Å². The fourth-order valence-electron chi connectivity index (χ4n) is 2.83. The quantitative estimate of drug-likeness (QED) is 0.911. The molecule has 21 heavy (non-hydrogen) atoms. The number of carbonyl (C=O) groups is 1. The monoisotopic (exact) mass is 304 g/mol. The Hall–Kier alpha value is -1.62. The summed E-state index contributed by atoms with van der Waals surface area (Å²) in [5.74, 6) is 1.53. The van der Waals surface area contributed by atoms with Crippen molar-refractivity contribution >= 4 is 17.2 Å². The summed E-state index contributed by atoms with van der Waals surface area (Å²) in [6.07, 6.45) is 7.28. The Bertz CT molecular complexity index is 598. The summed E-state index contributed by atoms with van der Waals surface area (Å²) in [5.41, 5.74) is 0.965. The minimum Gasteiger partial charge on any atom is -0.462 e. The van der Waals surface area contributed by atoms with Crippen LogP contribution >= 0.6 is 11.3 Å². The van der Waals surface area contributed by atoms with Crippen molar-refractivity contribution in [3.8, 4) is 10.8 Å². The number of furan rings is 1. The zero-order valence-electron chi connectivity index (χ0n) is 12.2. The van der Waals surface area contributed by atoms with Crippen molar-refractivity contribution in [2.24, 2.45) is 5.92 Å².